The molecule has 6 heteroatoms. The number of hydrogen-bond donors (Lipinski definition) is 2. The van der Waals surface area contributed by atoms with Crippen LogP contribution in [0.4, 0.5) is 5.69 Å². The first-order valence-electron chi connectivity index (χ1n) is 8.67. The van der Waals surface area contributed by atoms with Crippen LogP contribution in [0.5, 0.6) is 0 Å². The number of likely N-dealkylation sites (N-methyl/N-ethyl adjacent to an activating group) is 1. The number of unbranched alkanes of at least 4 members (excludes halogenated alkanes) is 3. The Morgan fingerprint density at radius 1 is 1.04 bits per heavy atom. The Morgan fingerprint density at radius 3 is 2.16 bits per heavy atom. The molecule has 0 aliphatic rings. The summed E-state index contributed by atoms with van der Waals surface area (Å²) in [6.07, 6.45) is 4.39. The van der Waals surface area contributed by atoms with E-state index in [1.54, 1.807) is 7.05 Å². The first kappa shape index (κ1) is 23.4. The van der Waals surface area contributed by atoms with Crippen molar-refractivity contribution in [3.05, 3.63) is 28.8 Å². The third kappa shape index (κ3) is 8.36. The minimum Gasteiger partial charge on any atom is -0.336 e. The van der Waals surface area contributed by atoms with Gasteiger partial charge in [0, 0.05) is 19.2 Å². The lowest BCUT2D eigenvalue weighted by atomic mass is 10.1. The highest BCUT2D eigenvalue weighted by molar-refractivity contribution is 5.95. The number of amides is 2. The zero-order valence-electron chi connectivity index (χ0n) is 15.9. The number of rotatable bonds is 9. The van der Waals surface area contributed by atoms with Crippen LogP contribution in [0.3, 0.4) is 0 Å². The molecule has 25 heavy (non-hydrogen) atoms. The highest BCUT2D eigenvalue weighted by Crippen LogP contribution is 2.21. The number of carbonyl (C=O) groups is 2. The molecule has 142 valence electrons. The van der Waals surface area contributed by atoms with Gasteiger partial charge in [-0.25, -0.2) is 0 Å². The standard InChI is InChI=1S/C19H31N3O2.ClH/c1-14-11-15(2)19(16(3)12-14)21-17(23)13-22(4)18(24)9-7-5-6-8-10-20;/h11-12H,5-10,13,20H2,1-4H3,(H,21,23);1H. The van der Waals surface area contributed by atoms with Crippen molar-refractivity contribution >= 4 is 29.9 Å². The number of nitrogens with two attached hydrogens (primary N) is 1. The summed E-state index contributed by atoms with van der Waals surface area (Å²) in [5.41, 5.74) is 9.53. The van der Waals surface area contributed by atoms with Gasteiger partial charge in [-0.05, 0) is 51.3 Å². The van der Waals surface area contributed by atoms with Crippen LogP contribution in [-0.2, 0) is 9.59 Å². The van der Waals surface area contributed by atoms with Crippen LogP contribution in [0.1, 0.15) is 48.8 Å². The number of halogens is 1. The fraction of sp³-hybridized carbons (Fsp3) is 0.579. The van der Waals surface area contributed by atoms with Gasteiger partial charge in [0.1, 0.15) is 0 Å². The molecule has 1 rings (SSSR count). The van der Waals surface area contributed by atoms with Crippen LogP contribution in [0.25, 0.3) is 0 Å². The molecule has 0 aliphatic carbocycles. The van der Waals surface area contributed by atoms with Gasteiger partial charge < -0.3 is 16.0 Å². The van der Waals surface area contributed by atoms with Crippen molar-refractivity contribution in [2.24, 2.45) is 5.73 Å². The molecule has 0 unspecified atom stereocenters. The predicted octanol–water partition coefficient (Wildman–Crippen LogP) is 3.34. The van der Waals surface area contributed by atoms with Crippen molar-refractivity contribution in [1.29, 1.82) is 0 Å². The zero-order chi connectivity index (χ0) is 18.1. The molecule has 0 radical (unpaired) electrons. The van der Waals surface area contributed by atoms with E-state index in [0.29, 0.717) is 13.0 Å². The fourth-order valence-electron chi connectivity index (χ4n) is 2.82. The Balaban J connectivity index is 0.00000576. The predicted molar refractivity (Wildman–Crippen MR) is 106 cm³/mol. The van der Waals surface area contributed by atoms with Crippen molar-refractivity contribution in [2.75, 3.05) is 25.5 Å². The van der Waals surface area contributed by atoms with Crippen molar-refractivity contribution in [3.8, 4) is 0 Å². The van der Waals surface area contributed by atoms with E-state index in [9.17, 15) is 9.59 Å². The lowest BCUT2D eigenvalue weighted by molar-refractivity contribution is -0.133. The number of nitrogens with one attached hydrogen (secondary N) is 1. The topological polar surface area (TPSA) is 75.4 Å². The second-order valence-electron chi connectivity index (χ2n) is 6.52. The van der Waals surface area contributed by atoms with Crippen LogP contribution in [0.2, 0.25) is 0 Å². The second-order valence-corrected chi connectivity index (χ2v) is 6.52. The molecule has 0 heterocycles. The molecule has 2 amide bonds. The molecular weight excluding hydrogens is 338 g/mol. The lowest BCUT2D eigenvalue weighted by Crippen LogP contribution is -2.35. The van der Waals surface area contributed by atoms with E-state index < -0.39 is 0 Å². The maximum absolute atomic E-state index is 12.2. The van der Waals surface area contributed by atoms with Crippen molar-refractivity contribution < 1.29 is 9.59 Å². The fourth-order valence-corrected chi connectivity index (χ4v) is 2.82. The Hall–Kier alpha value is -1.59. The number of aryl methyl sites for hydroxylation is 3. The van der Waals surface area contributed by atoms with E-state index >= 15 is 0 Å². The van der Waals surface area contributed by atoms with Gasteiger partial charge in [0.2, 0.25) is 11.8 Å². The summed E-state index contributed by atoms with van der Waals surface area (Å²) in [4.78, 5) is 25.8. The third-order valence-corrected chi connectivity index (χ3v) is 4.09. The minimum absolute atomic E-state index is 0. The lowest BCUT2D eigenvalue weighted by Gasteiger charge is -2.18. The van der Waals surface area contributed by atoms with E-state index in [-0.39, 0.29) is 30.8 Å². The van der Waals surface area contributed by atoms with Gasteiger partial charge in [0.05, 0.1) is 6.54 Å². The molecule has 1 aromatic rings. The molecule has 3 N–H and O–H groups in total. The van der Waals surface area contributed by atoms with E-state index in [1.807, 2.05) is 32.9 Å². The van der Waals surface area contributed by atoms with Gasteiger partial charge in [-0.1, -0.05) is 30.5 Å². The van der Waals surface area contributed by atoms with Crippen molar-refractivity contribution in [1.82, 2.24) is 4.90 Å². The average Bonchev–Trinajstić information content (AvgIpc) is 2.50. The molecule has 0 bridgehead atoms. The first-order valence-corrected chi connectivity index (χ1v) is 8.67. The second kappa shape index (κ2) is 11.9. The molecule has 0 aliphatic heterocycles. The maximum Gasteiger partial charge on any atom is 0.243 e. The summed E-state index contributed by atoms with van der Waals surface area (Å²) in [5, 5.41) is 2.93. The summed E-state index contributed by atoms with van der Waals surface area (Å²) < 4.78 is 0. The van der Waals surface area contributed by atoms with E-state index in [4.69, 9.17) is 5.73 Å². The largest absolute Gasteiger partial charge is 0.336 e. The summed E-state index contributed by atoms with van der Waals surface area (Å²) in [6.45, 7) is 6.77. The Bertz CT molecular complexity index is 553. The monoisotopic (exact) mass is 369 g/mol. The Labute approximate surface area is 157 Å². The van der Waals surface area contributed by atoms with Gasteiger partial charge in [-0.15, -0.1) is 12.4 Å². The zero-order valence-corrected chi connectivity index (χ0v) is 16.7. The van der Waals surface area contributed by atoms with Crippen LogP contribution in [-0.4, -0.2) is 36.9 Å². The smallest absolute Gasteiger partial charge is 0.243 e. The highest BCUT2D eigenvalue weighted by Gasteiger charge is 2.14. The summed E-state index contributed by atoms with van der Waals surface area (Å²) in [5.74, 6) is -0.153. The van der Waals surface area contributed by atoms with E-state index in [2.05, 4.69) is 5.32 Å². The Kier molecular flexibility index (Phi) is 11.1. The molecule has 1 aromatic carbocycles. The molecule has 0 saturated heterocycles. The number of hydrogen-bond acceptors (Lipinski definition) is 3. The van der Waals surface area contributed by atoms with E-state index in [1.165, 1.54) is 10.5 Å². The molecule has 0 aromatic heterocycles. The van der Waals surface area contributed by atoms with Gasteiger partial charge in [-0.3, -0.25) is 9.59 Å². The third-order valence-electron chi connectivity index (χ3n) is 4.09. The first-order chi connectivity index (χ1) is 11.3. The van der Waals surface area contributed by atoms with Crippen molar-refractivity contribution in [3.63, 3.8) is 0 Å². The molecule has 5 nitrogen and oxygen atoms in total. The summed E-state index contributed by atoms with van der Waals surface area (Å²) in [6, 6.07) is 4.08. The number of carbonyl (C=O) groups excluding carboxylic acids is 2. The number of anilines is 1. The molecular formula is C19H32ClN3O2. The Morgan fingerprint density at radius 2 is 1.60 bits per heavy atom. The molecule has 0 fully saturated rings. The summed E-state index contributed by atoms with van der Waals surface area (Å²) in [7, 11) is 1.68. The van der Waals surface area contributed by atoms with Crippen LogP contribution >= 0.6 is 12.4 Å². The number of benzene rings is 1. The van der Waals surface area contributed by atoms with Crippen molar-refractivity contribution in [2.45, 2.75) is 52.9 Å². The van der Waals surface area contributed by atoms with Crippen LogP contribution in [0, 0.1) is 20.8 Å². The minimum atomic E-state index is -0.163. The van der Waals surface area contributed by atoms with Crippen LogP contribution in [0.15, 0.2) is 12.1 Å². The van der Waals surface area contributed by atoms with Gasteiger partial charge >= 0.3 is 0 Å². The molecule has 0 spiro atoms. The molecule has 0 atom stereocenters. The van der Waals surface area contributed by atoms with Gasteiger partial charge in [0.25, 0.3) is 0 Å². The normalized spacial score (nSPS) is 10.1. The average molecular weight is 370 g/mol. The highest BCUT2D eigenvalue weighted by atomic mass is 35.5. The quantitative estimate of drug-likeness (QED) is 0.655. The SMILES string of the molecule is Cc1cc(C)c(NC(=O)CN(C)C(=O)CCCCCCN)c(C)c1.Cl. The molecule has 0 saturated carbocycles. The van der Waals surface area contributed by atoms with Crippen LogP contribution < -0.4 is 11.1 Å². The maximum atomic E-state index is 12.2. The van der Waals surface area contributed by atoms with E-state index in [0.717, 1.165) is 42.5 Å². The summed E-state index contributed by atoms with van der Waals surface area (Å²) >= 11 is 0. The van der Waals surface area contributed by atoms with Gasteiger partial charge in [0.15, 0.2) is 0 Å². The van der Waals surface area contributed by atoms with Gasteiger partial charge in [-0.2, -0.15) is 0 Å². The number of nitrogens with zero attached hydrogens (tertiary/aromatic N) is 1.